The van der Waals surface area contributed by atoms with Crippen molar-refractivity contribution in [3.63, 3.8) is 0 Å². The van der Waals surface area contributed by atoms with E-state index in [1.165, 1.54) is 4.21 Å². The molecule has 0 spiro atoms. The van der Waals surface area contributed by atoms with E-state index in [9.17, 15) is 4.79 Å². The summed E-state index contributed by atoms with van der Waals surface area (Å²) >= 11 is 3.36. The van der Waals surface area contributed by atoms with Crippen LogP contribution in [0.25, 0.3) is 10.2 Å². The molecule has 3 rings (SSSR count). The van der Waals surface area contributed by atoms with Crippen LogP contribution in [0.2, 0.25) is 0 Å². The van der Waals surface area contributed by atoms with Crippen LogP contribution < -0.4 is 5.56 Å². The number of hydrogen-bond donors (Lipinski definition) is 2. The van der Waals surface area contributed by atoms with Crippen LogP contribution in [-0.4, -0.2) is 20.8 Å². The summed E-state index contributed by atoms with van der Waals surface area (Å²) in [5.74, 6) is 1.46. The van der Waals surface area contributed by atoms with Gasteiger partial charge < -0.3 is 10.1 Å². The maximum atomic E-state index is 11.9. The Bertz CT molecular complexity index is 603. The number of thiophene rings is 1. The number of aromatic amines is 1. The minimum Gasteiger partial charge on any atom is -0.388 e. The summed E-state index contributed by atoms with van der Waals surface area (Å²) in [6.45, 7) is -0.221. The van der Waals surface area contributed by atoms with Gasteiger partial charge >= 0.3 is 0 Å². The molecular weight excluding hydrogens is 244 g/mol. The van der Waals surface area contributed by atoms with E-state index in [-0.39, 0.29) is 12.2 Å². The predicted octanol–water partition coefficient (Wildman–Crippen LogP) is 1.52. The molecular formula is C10H10N2O2S2. The number of H-pyrrole nitrogens is 1. The number of aromatic nitrogens is 2. The summed E-state index contributed by atoms with van der Waals surface area (Å²) in [6.07, 6.45) is 2.08. The molecule has 16 heavy (non-hydrogen) atoms. The lowest BCUT2D eigenvalue weighted by molar-refractivity contribution is 0.271. The van der Waals surface area contributed by atoms with Crippen molar-refractivity contribution in [2.24, 2.45) is 0 Å². The van der Waals surface area contributed by atoms with Gasteiger partial charge in [-0.15, -0.1) is 23.1 Å². The van der Waals surface area contributed by atoms with Crippen LogP contribution >= 0.6 is 23.1 Å². The van der Waals surface area contributed by atoms with E-state index in [4.69, 9.17) is 5.11 Å². The van der Waals surface area contributed by atoms with Crippen LogP contribution in [-0.2, 0) is 13.0 Å². The quantitative estimate of drug-likeness (QED) is 0.809. The van der Waals surface area contributed by atoms with E-state index in [1.54, 1.807) is 23.1 Å². The van der Waals surface area contributed by atoms with Crippen LogP contribution in [0.15, 0.2) is 9.00 Å². The van der Waals surface area contributed by atoms with Gasteiger partial charge in [-0.1, -0.05) is 0 Å². The summed E-state index contributed by atoms with van der Waals surface area (Å²) in [5.41, 5.74) is 1.03. The summed E-state index contributed by atoms with van der Waals surface area (Å²) < 4.78 is 1.22. The van der Waals surface area contributed by atoms with Gasteiger partial charge in [0.15, 0.2) is 0 Å². The van der Waals surface area contributed by atoms with Gasteiger partial charge in [-0.2, -0.15) is 0 Å². The van der Waals surface area contributed by atoms with Crippen molar-refractivity contribution < 1.29 is 5.11 Å². The molecule has 3 heterocycles. The number of nitrogens with zero attached hydrogens (tertiary/aromatic N) is 1. The van der Waals surface area contributed by atoms with E-state index >= 15 is 0 Å². The smallest absolute Gasteiger partial charge is 0.260 e. The minimum atomic E-state index is -0.221. The molecule has 0 bridgehead atoms. The van der Waals surface area contributed by atoms with Crippen molar-refractivity contribution in [1.82, 2.24) is 9.97 Å². The van der Waals surface area contributed by atoms with Crippen LogP contribution in [0.1, 0.15) is 17.8 Å². The second kappa shape index (κ2) is 3.87. The standard InChI is InChI=1S/C10H10N2O2S2/c13-4-6-11-8(14)7-5-2-1-3-15-10(5)16-9(7)12-6/h13H,1-4H2,(H,11,12,14). The van der Waals surface area contributed by atoms with Crippen LogP contribution in [0.5, 0.6) is 0 Å². The highest BCUT2D eigenvalue weighted by Gasteiger charge is 2.19. The van der Waals surface area contributed by atoms with E-state index in [1.807, 2.05) is 0 Å². The average molecular weight is 254 g/mol. The van der Waals surface area contributed by atoms with Crippen molar-refractivity contribution in [3.05, 3.63) is 21.7 Å². The first-order valence-electron chi connectivity index (χ1n) is 5.08. The zero-order chi connectivity index (χ0) is 11.1. The van der Waals surface area contributed by atoms with Gasteiger partial charge in [-0.3, -0.25) is 4.79 Å². The molecule has 0 radical (unpaired) electrons. The number of fused-ring (bicyclic) bond motifs is 3. The summed E-state index contributed by atoms with van der Waals surface area (Å²) in [5, 5.41) is 9.72. The third-order valence-electron chi connectivity index (χ3n) is 2.63. The second-order valence-corrected chi connectivity index (χ2v) is 6.03. The van der Waals surface area contributed by atoms with E-state index < -0.39 is 0 Å². The molecule has 2 aromatic rings. The average Bonchev–Trinajstić information content (AvgIpc) is 2.67. The predicted molar refractivity (Wildman–Crippen MR) is 65.2 cm³/mol. The Morgan fingerprint density at radius 1 is 1.50 bits per heavy atom. The van der Waals surface area contributed by atoms with Crippen molar-refractivity contribution in [2.75, 3.05) is 5.75 Å². The summed E-state index contributed by atoms with van der Waals surface area (Å²) in [6, 6.07) is 0. The largest absolute Gasteiger partial charge is 0.388 e. The molecule has 0 aliphatic carbocycles. The van der Waals surface area contributed by atoms with E-state index in [0.29, 0.717) is 5.82 Å². The number of hydrogen-bond acceptors (Lipinski definition) is 5. The van der Waals surface area contributed by atoms with Crippen LogP contribution in [0.4, 0.5) is 0 Å². The summed E-state index contributed by atoms with van der Waals surface area (Å²) in [4.78, 5) is 19.5. The van der Waals surface area contributed by atoms with Crippen LogP contribution in [0.3, 0.4) is 0 Å². The first-order chi connectivity index (χ1) is 7.79. The number of aliphatic hydroxyl groups is 1. The van der Waals surface area contributed by atoms with Crippen molar-refractivity contribution in [2.45, 2.75) is 23.7 Å². The highest BCUT2D eigenvalue weighted by atomic mass is 32.2. The Balaban J connectivity index is 2.34. The van der Waals surface area contributed by atoms with Gasteiger partial charge in [0.25, 0.3) is 5.56 Å². The third kappa shape index (κ3) is 1.49. The third-order valence-corrected chi connectivity index (χ3v) is 5.15. The minimum absolute atomic E-state index is 0.117. The van der Waals surface area contributed by atoms with E-state index in [0.717, 1.165) is 34.4 Å². The molecule has 0 saturated heterocycles. The maximum absolute atomic E-state index is 11.9. The highest BCUT2D eigenvalue weighted by Crippen LogP contribution is 2.39. The molecule has 0 atom stereocenters. The van der Waals surface area contributed by atoms with Gasteiger partial charge in [0.05, 0.1) is 9.60 Å². The molecule has 0 aromatic carbocycles. The SMILES string of the molecule is O=c1[nH]c(CO)nc2sc3c(c12)CCCS3. The first-order valence-corrected chi connectivity index (χ1v) is 6.88. The van der Waals surface area contributed by atoms with Crippen LogP contribution in [0, 0.1) is 0 Å². The lowest BCUT2D eigenvalue weighted by Crippen LogP contribution is -2.12. The Kier molecular flexibility index (Phi) is 2.49. The molecule has 0 amide bonds. The number of rotatable bonds is 1. The monoisotopic (exact) mass is 254 g/mol. The Morgan fingerprint density at radius 3 is 3.19 bits per heavy atom. The van der Waals surface area contributed by atoms with Gasteiger partial charge in [0, 0.05) is 0 Å². The van der Waals surface area contributed by atoms with Crippen molar-refractivity contribution in [1.29, 1.82) is 0 Å². The normalized spacial score (nSPS) is 15.3. The van der Waals surface area contributed by atoms with Crippen molar-refractivity contribution in [3.8, 4) is 0 Å². The maximum Gasteiger partial charge on any atom is 0.260 e. The fourth-order valence-electron chi connectivity index (χ4n) is 1.92. The van der Waals surface area contributed by atoms with Gasteiger partial charge in [-0.05, 0) is 24.2 Å². The molecule has 1 aliphatic heterocycles. The zero-order valence-electron chi connectivity index (χ0n) is 8.45. The first kappa shape index (κ1) is 10.3. The Morgan fingerprint density at radius 2 is 2.38 bits per heavy atom. The molecule has 1 aliphatic rings. The molecule has 4 nitrogen and oxygen atoms in total. The highest BCUT2D eigenvalue weighted by molar-refractivity contribution is 8.01. The zero-order valence-corrected chi connectivity index (χ0v) is 10.1. The second-order valence-electron chi connectivity index (χ2n) is 3.67. The summed E-state index contributed by atoms with van der Waals surface area (Å²) in [7, 11) is 0. The topological polar surface area (TPSA) is 66.0 Å². The van der Waals surface area contributed by atoms with E-state index in [2.05, 4.69) is 9.97 Å². The Labute approximate surface area is 99.7 Å². The number of nitrogens with one attached hydrogen (secondary N) is 1. The number of thioether (sulfide) groups is 1. The van der Waals surface area contributed by atoms with Gasteiger partial charge in [0.2, 0.25) is 0 Å². The fourth-order valence-corrected chi connectivity index (χ4v) is 4.47. The number of aryl methyl sites for hydroxylation is 1. The fraction of sp³-hybridized carbons (Fsp3) is 0.400. The lowest BCUT2D eigenvalue weighted by atomic mass is 10.1. The number of aliphatic hydroxyl groups excluding tert-OH is 1. The Hall–Kier alpha value is -0.850. The molecule has 2 N–H and O–H groups in total. The molecule has 0 saturated carbocycles. The molecule has 0 unspecified atom stereocenters. The molecule has 2 aromatic heterocycles. The molecule has 0 fully saturated rings. The van der Waals surface area contributed by atoms with Crippen molar-refractivity contribution >= 4 is 33.3 Å². The van der Waals surface area contributed by atoms with Gasteiger partial charge in [-0.25, -0.2) is 4.98 Å². The molecule has 6 heteroatoms. The lowest BCUT2D eigenvalue weighted by Gasteiger charge is -2.08. The van der Waals surface area contributed by atoms with Gasteiger partial charge in [0.1, 0.15) is 17.3 Å². The molecule has 84 valence electrons.